The normalized spacial score (nSPS) is 17.4. The van der Waals surface area contributed by atoms with Gasteiger partial charge in [-0.3, -0.25) is 0 Å². The Bertz CT molecular complexity index is 561. The maximum Gasteiger partial charge on any atom is 0.202 e. The average Bonchev–Trinajstić information content (AvgIpc) is 2.38. The van der Waals surface area contributed by atoms with Gasteiger partial charge in [0.25, 0.3) is 0 Å². The van der Waals surface area contributed by atoms with Crippen LogP contribution in [0, 0.1) is 0 Å². The van der Waals surface area contributed by atoms with Crippen molar-refractivity contribution in [2.45, 2.75) is 4.90 Å². The van der Waals surface area contributed by atoms with E-state index in [1.807, 2.05) is 19.0 Å². The second-order valence-electron chi connectivity index (χ2n) is 4.04. The number of benzene rings is 1. The van der Waals surface area contributed by atoms with E-state index in [2.05, 4.69) is 0 Å². The van der Waals surface area contributed by atoms with Crippen LogP contribution in [-0.4, -0.2) is 34.0 Å². The minimum atomic E-state index is -3.35. The smallest absolute Gasteiger partial charge is 0.202 e. The van der Waals surface area contributed by atoms with Crippen LogP contribution in [0.25, 0.3) is 5.57 Å². The van der Waals surface area contributed by atoms with E-state index in [-0.39, 0.29) is 4.90 Å². The van der Waals surface area contributed by atoms with Crippen LogP contribution in [0.4, 0.5) is 0 Å². The Hall–Kier alpha value is -0.840. The molecule has 1 aromatic rings. The summed E-state index contributed by atoms with van der Waals surface area (Å²) in [6.07, 6.45) is 0. The predicted octanol–water partition coefficient (Wildman–Crippen LogP) is 2.03. The van der Waals surface area contributed by atoms with Gasteiger partial charge in [0.1, 0.15) is 0 Å². The third-order valence-electron chi connectivity index (χ3n) is 2.38. The van der Waals surface area contributed by atoms with Gasteiger partial charge in [-0.25, -0.2) is 8.42 Å². The third-order valence-corrected chi connectivity index (χ3v) is 4.41. The first-order chi connectivity index (χ1) is 7.42. The number of sulfone groups is 1. The summed E-state index contributed by atoms with van der Waals surface area (Å²) in [6.45, 7) is 0.590. The number of likely N-dealkylation sites (N-methyl/N-ethyl adjacent to an activating group) is 1. The van der Waals surface area contributed by atoms with E-state index in [0.717, 1.165) is 11.1 Å². The van der Waals surface area contributed by atoms with Crippen molar-refractivity contribution in [2.24, 2.45) is 0 Å². The zero-order valence-electron chi connectivity index (χ0n) is 9.07. The first kappa shape index (κ1) is 11.6. The fourth-order valence-electron chi connectivity index (χ4n) is 1.82. The van der Waals surface area contributed by atoms with E-state index >= 15 is 0 Å². The summed E-state index contributed by atoms with van der Waals surface area (Å²) in [5.41, 5.74) is 1.52. The second kappa shape index (κ2) is 3.87. The number of nitrogens with zero attached hydrogens (tertiary/aromatic N) is 1. The van der Waals surface area contributed by atoms with E-state index in [0.29, 0.717) is 11.6 Å². The van der Waals surface area contributed by atoms with E-state index in [1.165, 1.54) is 5.41 Å². The molecule has 0 N–H and O–H groups in total. The maximum absolute atomic E-state index is 11.9. The zero-order chi connectivity index (χ0) is 11.9. The Morgan fingerprint density at radius 3 is 2.62 bits per heavy atom. The van der Waals surface area contributed by atoms with Gasteiger partial charge in [0, 0.05) is 17.5 Å². The molecule has 1 heterocycles. The van der Waals surface area contributed by atoms with E-state index in [9.17, 15) is 8.42 Å². The molecular formula is C11H12ClNO2S. The molecule has 1 aliphatic heterocycles. The quantitative estimate of drug-likeness (QED) is 0.814. The lowest BCUT2D eigenvalue weighted by molar-refractivity contribution is 0.463. The van der Waals surface area contributed by atoms with Crippen LogP contribution in [0.1, 0.15) is 5.56 Å². The van der Waals surface area contributed by atoms with Crippen molar-refractivity contribution in [2.75, 3.05) is 20.6 Å². The van der Waals surface area contributed by atoms with Crippen LogP contribution < -0.4 is 0 Å². The third kappa shape index (κ3) is 1.88. The SMILES string of the molecule is CN(C)CC1=CS(=O)(=O)c2c(Cl)cccc21. The predicted molar refractivity (Wildman–Crippen MR) is 65.2 cm³/mol. The maximum atomic E-state index is 11.9. The Balaban J connectivity index is 2.61. The zero-order valence-corrected chi connectivity index (χ0v) is 10.6. The van der Waals surface area contributed by atoms with Crippen molar-refractivity contribution in [1.29, 1.82) is 0 Å². The fraction of sp³-hybridized carbons (Fsp3) is 0.273. The highest BCUT2D eigenvalue weighted by molar-refractivity contribution is 7.95. The lowest BCUT2D eigenvalue weighted by Gasteiger charge is -2.11. The van der Waals surface area contributed by atoms with Gasteiger partial charge in [0.2, 0.25) is 9.84 Å². The molecule has 0 aliphatic carbocycles. The standard InChI is InChI=1S/C11H12ClNO2S/c1-13(2)6-8-7-16(14,15)11-9(8)4-3-5-10(11)12/h3-5,7H,6H2,1-2H3. The molecule has 0 fully saturated rings. The number of hydrogen-bond acceptors (Lipinski definition) is 3. The summed E-state index contributed by atoms with van der Waals surface area (Å²) in [6, 6.07) is 5.16. The molecular weight excluding hydrogens is 246 g/mol. The Labute approximate surface area is 100 Å². The van der Waals surface area contributed by atoms with E-state index < -0.39 is 9.84 Å². The molecule has 0 bridgehead atoms. The van der Waals surface area contributed by atoms with Crippen molar-refractivity contribution in [3.8, 4) is 0 Å². The van der Waals surface area contributed by atoms with Crippen LogP contribution in [0.3, 0.4) is 0 Å². The van der Waals surface area contributed by atoms with Gasteiger partial charge in [-0.2, -0.15) is 0 Å². The number of hydrogen-bond donors (Lipinski definition) is 0. The molecule has 0 unspecified atom stereocenters. The van der Waals surface area contributed by atoms with Crippen molar-refractivity contribution >= 4 is 27.0 Å². The molecule has 0 saturated heterocycles. The first-order valence-corrected chi connectivity index (χ1v) is 6.73. The molecule has 16 heavy (non-hydrogen) atoms. The van der Waals surface area contributed by atoms with Crippen LogP contribution in [-0.2, 0) is 9.84 Å². The highest BCUT2D eigenvalue weighted by Gasteiger charge is 2.29. The lowest BCUT2D eigenvalue weighted by Crippen LogP contribution is -2.13. The highest BCUT2D eigenvalue weighted by atomic mass is 35.5. The molecule has 0 spiro atoms. The van der Waals surface area contributed by atoms with Crippen molar-refractivity contribution < 1.29 is 8.42 Å². The van der Waals surface area contributed by atoms with Gasteiger partial charge in [-0.15, -0.1) is 0 Å². The van der Waals surface area contributed by atoms with Crippen molar-refractivity contribution in [3.63, 3.8) is 0 Å². The molecule has 2 rings (SSSR count). The van der Waals surface area contributed by atoms with E-state index in [4.69, 9.17) is 11.6 Å². The molecule has 3 nitrogen and oxygen atoms in total. The molecule has 0 amide bonds. The monoisotopic (exact) mass is 257 g/mol. The van der Waals surface area contributed by atoms with Crippen LogP contribution >= 0.6 is 11.6 Å². The summed E-state index contributed by atoms with van der Waals surface area (Å²) in [5.74, 6) is 0. The van der Waals surface area contributed by atoms with Crippen molar-refractivity contribution in [3.05, 3.63) is 34.2 Å². The van der Waals surface area contributed by atoms with Crippen LogP contribution in [0.2, 0.25) is 5.02 Å². The number of halogens is 1. The summed E-state index contributed by atoms with van der Waals surface area (Å²) in [5, 5.41) is 1.60. The second-order valence-corrected chi connectivity index (χ2v) is 6.18. The molecule has 0 atom stereocenters. The molecule has 0 saturated carbocycles. The summed E-state index contributed by atoms with van der Waals surface area (Å²) < 4.78 is 23.8. The highest BCUT2D eigenvalue weighted by Crippen LogP contribution is 2.37. The largest absolute Gasteiger partial charge is 0.305 e. The Kier molecular flexibility index (Phi) is 2.82. The Morgan fingerprint density at radius 1 is 1.31 bits per heavy atom. The Morgan fingerprint density at radius 2 is 2.00 bits per heavy atom. The minimum Gasteiger partial charge on any atom is -0.305 e. The minimum absolute atomic E-state index is 0.244. The molecule has 1 aliphatic rings. The lowest BCUT2D eigenvalue weighted by atomic mass is 10.1. The molecule has 86 valence electrons. The number of rotatable bonds is 2. The van der Waals surface area contributed by atoms with Crippen molar-refractivity contribution in [1.82, 2.24) is 4.90 Å². The van der Waals surface area contributed by atoms with Gasteiger partial charge >= 0.3 is 0 Å². The number of fused-ring (bicyclic) bond motifs is 1. The molecule has 0 aromatic heterocycles. The summed E-state index contributed by atoms with van der Waals surface area (Å²) in [4.78, 5) is 2.17. The first-order valence-electron chi connectivity index (χ1n) is 4.81. The molecule has 1 aromatic carbocycles. The van der Waals surface area contributed by atoms with Crippen LogP contribution in [0.15, 0.2) is 28.5 Å². The summed E-state index contributed by atoms with van der Waals surface area (Å²) in [7, 11) is 0.446. The fourth-order valence-corrected chi connectivity index (χ4v) is 3.86. The van der Waals surface area contributed by atoms with Gasteiger partial charge in [0.15, 0.2) is 0 Å². The molecule has 5 heteroatoms. The van der Waals surface area contributed by atoms with Crippen LogP contribution in [0.5, 0.6) is 0 Å². The van der Waals surface area contributed by atoms with Gasteiger partial charge in [-0.1, -0.05) is 23.7 Å². The van der Waals surface area contributed by atoms with Gasteiger partial charge in [0.05, 0.1) is 9.92 Å². The summed E-state index contributed by atoms with van der Waals surface area (Å²) >= 11 is 5.93. The van der Waals surface area contributed by atoms with E-state index in [1.54, 1.807) is 18.2 Å². The topological polar surface area (TPSA) is 37.4 Å². The molecule has 0 radical (unpaired) electrons. The average molecular weight is 258 g/mol. The van der Waals surface area contributed by atoms with Gasteiger partial charge in [-0.05, 0) is 25.7 Å². The van der Waals surface area contributed by atoms with Gasteiger partial charge < -0.3 is 4.90 Å².